The Kier molecular flexibility index (Phi) is 4.04. The minimum absolute atomic E-state index is 0.0783. The number of benzene rings is 1. The summed E-state index contributed by atoms with van der Waals surface area (Å²) >= 11 is 0. The zero-order valence-electron chi connectivity index (χ0n) is 10.4. The number of carboxylic acid groups (broad SMARTS) is 1. The summed E-state index contributed by atoms with van der Waals surface area (Å²) in [6.45, 7) is 1.58. The summed E-state index contributed by atoms with van der Waals surface area (Å²) in [5, 5.41) is 20.1. The van der Waals surface area contributed by atoms with Crippen LogP contribution in [0.25, 0.3) is 6.08 Å². The van der Waals surface area contributed by atoms with Gasteiger partial charge in [0.2, 0.25) is 0 Å². The number of hydrogen-bond donors (Lipinski definition) is 1. The SMILES string of the molecule is Cc1ccc(C(=O)O)c(C=CN(C)C)c1[N+](=O)[O-]. The summed E-state index contributed by atoms with van der Waals surface area (Å²) in [5.41, 5.74) is 0.294. The van der Waals surface area contributed by atoms with Gasteiger partial charge in [-0.15, -0.1) is 0 Å². The maximum atomic E-state index is 11.1. The van der Waals surface area contributed by atoms with E-state index in [1.165, 1.54) is 18.2 Å². The summed E-state index contributed by atoms with van der Waals surface area (Å²) in [4.78, 5) is 23.2. The number of rotatable bonds is 4. The predicted octanol–water partition coefficient (Wildman–Crippen LogP) is 2.13. The molecule has 0 aliphatic rings. The van der Waals surface area contributed by atoms with Crippen LogP contribution in [0.3, 0.4) is 0 Å². The molecule has 18 heavy (non-hydrogen) atoms. The molecule has 0 spiro atoms. The first-order valence-corrected chi connectivity index (χ1v) is 5.20. The number of nitro benzene ring substituents is 1. The Labute approximate surface area is 104 Å². The van der Waals surface area contributed by atoms with Crippen LogP contribution in [0.4, 0.5) is 5.69 Å². The molecule has 0 aromatic heterocycles. The first-order chi connectivity index (χ1) is 8.34. The molecule has 0 bridgehead atoms. The maximum Gasteiger partial charge on any atom is 0.336 e. The maximum absolute atomic E-state index is 11.1. The molecule has 1 N–H and O–H groups in total. The van der Waals surface area contributed by atoms with Crippen molar-refractivity contribution in [1.82, 2.24) is 4.90 Å². The smallest absolute Gasteiger partial charge is 0.336 e. The van der Waals surface area contributed by atoms with Crippen molar-refractivity contribution in [1.29, 1.82) is 0 Å². The standard InChI is InChI=1S/C12H14N2O4/c1-8-4-5-10(12(15)16)9(6-7-13(2)3)11(8)14(17)18/h4-7H,1-3H3,(H,15,16). The molecule has 0 heterocycles. The fourth-order valence-corrected chi connectivity index (χ4v) is 1.54. The Morgan fingerprint density at radius 3 is 2.50 bits per heavy atom. The van der Waals surface area contributed by atoms with Gasteiger partial charge in [-0.05, 0) is 25.3 Å². The average Bonchev–Trinajstić information content (AvgIpc) is 2.24. The van der Waals surface area contributed by atoms with Crippen molar-refractivity contribution in [3.05, 3.63) is 45.1 Å². The van der Waals surface area contributed by atoms with Gasteiger partial charge in [-0.3, -0.25) is 10.1 Å². The van der Waals surface area contributed by atoms with Gasteiger partial charge >= 0.3 is 5.97 Å². The average molecular weight is 250 g/mol. The largest absolute Gasteiger partial charge is 0.478 e. The minimum atomic E-state index is -1.18. The monoisotopic (exact) mass is 250 g/mol. The van der Waals surface area contributed by atoms with Crippen molar-refractivity contribution in [3.63, 3.8) is 0 Å². The van der Waals surface area contributed by atoms with Gasteiger partial charge < -0.3 is 10.0 Å². The van der Waals surface area contributed by atoms with Gasteiger partial charge in [0.25, 0.3) is 5.69 Å². The van der Waals surface area contributed by atoms with E-state index >= 15 is 0 Å². The van der Waals surface area contributed by atoms with E-state index < -0.39 is 10.9 Å². The molecule has 1 rings (SSSR count). The molecule has 1 aromatic rings. The molecule has 1 aromatic carbocycles. The van der Waals surface area contributed by atoms with Crippen LogP contribution in [0, 0.1) is 17.0 Å². The van der Waals surface area contributed by atoms with Crippen molar-refractivity contribution < 1.29 is 14.8 Å². The molecule has 0 aliphatic heterocycles. The normalized spacial score (nSPS) is 10.6. The first-order valence-electron chi connectivity index (χ1n) is 5.20. The number of hydrogen-bond acceptors (Lipinski definition) is 4. The lowest BCUT2D eigenvalue weighted by molar-refractivity contribution is -0.385. The number of aromatic carboxylic acids is 1. The van der Waals surface area contributed by atoms with Crippen molar-refractivity contribution in [2.45, 2.75) is 6.92 Å². The molecule has 0 aliphatic carbocycles. The van der Waals surface area contributed by atoms with E-state index in [1.807, 2.05) is 0 Å². The Morgan fingerprint density at radius 1 is 1.44 bits per heavy atom. The number of nitrogens with zero attached hydrogens (tertiary/aromatic N) is 2. The molecule has 0 unspecified atom stereocenters. The fraction of sp³-hybridized carbons (Fsp3) is 0.250. The Balaban J connectivity index is 3.53. The molecule has 0 saturated heterocycles. The van der Waals surface area contributed by atoms with E-state index in [0.29, 0.717) is 5.56 Å². The molecule has 6 nitrogen and oxygen atoms in total. The van der Waals surface area contributed by atoms with Crippen LogP contribution in [-0.2, 0) is 0 Å². The van der Waals surface area contributed by atoms with E-state index in [4.69, 9.17) is 5.11 Å². The van der Waals surface area contributed by atoms with Crippen molar-refractivity contribution in [2.75, 3.05) is 14.1 Å². The Hall–Kier alpha value is -2.37. The summed E-state index contributed by atoms with van der Waals surface area (Å²) in [6.07, 6.45) is 3.02. The van der Waals surface area contributed by atoms with E-state index in [9.17, 15) is 14.9 Å². The summed E-state index contributed by atoms with van der Waals surface area (Å²) < 4.78 is 0. The highest BCUT2D eigenvalue weighted by molar-refractivity contribution is 5.94. The second-order valence-corrected chi connectivity index (χ2v) is 4.03. The molecule has 0 atom stereocenters. The quantitative estimate of drug-likeness (QED) is 0.653. The van der Waals surface area contributed by atoms with Crippen LogP contribution in [0.1, 0.15) is 21.5 Å². The zero-order valence-corrected chi connectivity index (χ0v) is 10.4. The third-order valence-corrected chi connectivity index (χ3v) is 2.37. The topological polar surface area (TPSA) is 83.7 Å². The van der Waals surface area contributed by atoms with Gasteiger partial charge in [0.05, 0.1) is 16.1 Å². The van der Waals surface area contributed by atoms with Crippen LogP contribution < -0.4 is 0 Å². The summed E-state index contributed by atoms with van der Waals surface area (Å²) in [6, 6.07) is 2.81. The van der Waals surface area contributed by atoms with Gasteiger partial charge in [-0.25, -0.2) is 4.79 Å². The summed E-state index contributed by atoms with van der Waals surface area (Å²) in [5.74, 6) is -1.18. The van der Waals surface area contributed by atoms with Crippen molar-refractivity contribution in [2.24, 2.45) is 0 Å². The number of carbonyl (C=O) groups is 1. The highest BCUT2D eigenvalue weighted by atomic mass is 16.6. The number of carboxylic acids is 1. The number of aryl methyl sites for hydroxylation is 1. The highest BCUT2D eigenvalue weighted by Gasteiger charge is 2.22. The second-order valence-electron chi connectivity index (χ2n) is 4.03. The van der Waals surface area contributed by atoms with E-state index in [-0.39, 0.29) is 16.8 Å². The van der Waals surface area contributed by atoms with E-state index in [2.05, 4.69) is 0 Å². The fourth-order valence-electron chi connectivity index (χ4n) is 1.54. The lowest BCUT2D eigenvalue weighted by Crippen LogP contribution is -2.06. The summed E-state index contributed by atoms with van der Waals surface area (Å²) in [7, 11) is 3.50. The molecule has 0 fully saturated rings. The van der Waals surface area contributed by atoms with Gasteiger partial charge in [0, 0.05) is 19.7 Å². The third-order valence-electron chi connectivity index (χ3n) is 2.37. The third kappa shape index (κ3) is 2.85. The highest BCUT2D eigenvalue weighted by Crippen LogP contribution is 2.28. The Bertz CT molecular complexity index is 521. The van der Waals surface area contributed by atoms with Gasteiger partial charge in [-0.2, -0.15) is 0 Å². The van der Waals surface area contributed by atoms with E-state index in [0.717, 1.165) is 0 Å². The van der Waals surface area contributed by atoms with Crippen molar-refractivity contribution in [3.8, 4) is 0 Å². The molecule has 96 valence electrons. The molecular formula is C12H14N2O4. The van der Waals surface area contributed by atoms with Gasteiger partial charge in [0.15, 0.2) is 0 Å². The Morgan fingerprint density at radius 2 is 2.06 bits per heavy atom. The lowest BCUT2D eigenvalue weighted by atomic mass is 10.0. The molecular weight excluding hydrogens is 236 g/mol. The minimum Gasteiger partial charge on any atom is -0.478 e. The zero-order chi connectivity index (χ0) is 13.9. The number of nitro groups is 1. The molecule has 0 radical (unpaired) electrons. The van der Waals surface area contributed by atoms with Crippen molar-refractivity contribution >= 4 is 17.7 Å². The van der Waals surface area contributed by atoms with Crippen LogP contribution in [-0.4, -0.2) is 35.0 Å². The van der Waals surface area contributed by atoms with Crippen LogP contribution >= 0.6 is 0 Å². The molecule has 0 amide bonds. The van der Waals surface area contributed by atoms with Crippen LogP contribution in [0.5, 0.6) is 0 Å². The van der Waals surface area contributed by atoms with Gasteiger partial charge in [-0.1, -0.05) is 6.07 Å². The van der Waals surface area contributed by atoms with E-state index in [1.54, 1.807) is 32.1 Å². The predicted molar refractivity (Wildman–Crippen MR) is 67.5 cm³/mol. The van der Waals surface area contributed by atoms with Crippen LogP contribution in [0.2, 0.25) is 0 Å². The molecule has 6 heteroatoms. The van der Waals surface area contributed by atoms with Gasteiger partial charge in [0.1, 0.15) is 0 Å². The first kappa shape index (κ1) is 13.7. The van der Waals surface area contributed by atoms with Crippen LogP contribution in [0.15, 0.2) is 18.3 Å². The molecule has 0 saturated carbocycles. The second kappa shape index (κ2) is 5.31. The lowest BCUT2D eigenvalue weighted by Gasteiger charge is -2.07.